The van der Waals surface area contributed by atoms with Crippen molar-refractivity contribution in [2.24, 2.45) is 0 Å². The molecule has 0 saturated heterocycles. The molecule has 0 unspecified atom stereocenters. The Hall–Kier alpha value is 0.770. The maximum atomic E-state index is 5.85. The molecule has 0 spiro atoms. The van der Waals surface area contributed by atoms with E-state index in [9.17, 15) is 0 Å². The Morgan fingerprint density at radius 2 is 1.80 bits per heavy atom. The maximum Gasteiger partial charge on any atom is 0.0141 e. The van der Waals surface area contributed by atoms with Crippen LogP contribution in [-0.4, -0.2) is 0 Å². The predicted molar refractivity (Wildman–Crippen MR) is 41.6 cm³/mol. The average molecular weight is 342 g/mol. The van der Waals surface area contributed by atoms with Crippen LogP contribution < -0.4 is 0 Å². The van der Waals surface area contributed by atoms with Crippen LogP contribution in [0.1, 0.15) is 38.5 Å². The Balaban J connectivity index is 0.000000810. The Labute approximate surface area is 83.5 Å². The van der Waals surface area contributed by atoms with E-state index < -0.39 is 0 Å². The van der Waals surface area contributed by atoms with Gasteiger partial charge in [0.1, 0.15) is 0 Å². The Bertz CT molecular complexity index is 110. The van der Waals surface area contributed by atoms with Gasteiger partial charge in [0.25, 0.3) is 0 Å². The summed E-state index contributed by atoms with van der Waals surface area (Å²) < 4.78 is 0. The van der Waals surface area contributed by atoms with Gasteiger partial charge in [-0.1, -0.05) is 30.5 Å². The van der Waals surface area contributed by atoms with Gasteiger partial charge in [-0.05, 0) is 25.7 Å². The van der Waals surface area contributed by atoms with Crippen LogP contribution in [0.4, 0.5) is 0 Å². The quantitative estimate of drug-likeness (QED) is 0.592. The first-order chi connectivity index (χ1) is 4.39. The molecule has 0 bridgehead atoms. The summed E-state index contributed by atoms with van der Waals surface area (Å²) in [6.45, 7) is 0. The minimum Gasteiger partial charge on any atom is -0.0895 e. The molecule has 0 heterocycles. The first-order valence-electron chi connectivity index (χ1n) is 3.74. The third kappa shape index (κ3) is 4.56. The number of hydrogen-bond acceptors (Lipinski definition) is 0. The van der Waals surface area contributed by atoms with Crippen LogP contribution >= 0.6 is 11.6 Å². The Morgan fingerprint density at radius 3 is 2.60 bits per heavy atom. The summed E-state index contributed by atoms with van der Waals surface area (Å²) in [5, 5.41) is 1.08. The van der Waals surface area contributed by atoms with Crippen LogP contribution in [0.3, 0.4) is 0 Å². The smallest absolute Gasteiger partial charge is 0.0141 e. The third-order valence-electron chi connectivity index (χ3n) is 1.74. The summed E-state index contributed by atoms with van der Waals surface area (Å²) in [5.74, 6) is 0. The van der Waals surface area contributed by atoms with Crippen molar-refractivity contribution in [1.29, 1.82) is 0 Å². The third-order valence-corrected chi connectivity index (χ3v) is 2.08. The molecular weight excluding hydrogens is 329 g/mol. The van der Waals surface area contributed by atoms with E-state index in [0.717, 1.165) is 11.5 Å². The number of halogens is 1. The first kappa shape index (κ1) is 10.8. The summed E-state index contributed by atoms with van der Waals surface area (Å²) in [6, 6.07) is 0. The summed E-state index contributed by atoms with van der Waals surface area (Å²) in [7, 11) is 0. The van der Waals surface area contributed by atoms with Crippen LogP contribution in [0, 0.1) is 0 Å². The van der Waals surface area contributed by atoms with E-state index in [2.05, 4.69) is 6.08 Å². The van der Waals surface area contributed by atoms with Gasteiger partial charge in [-0.15, -0.1) is 0 Å². The maximum absolute atomic E-state index is 5.85. The van der Waals surface area contributed by atoms with Gasteiger partial charge < -0.3 is 0 Å². The second-order valence-electron chi connectivity index (χ2n) is 2.60. The van der Waals surface area contributed by atoms with Gasteiger partial charge in [0, 0.05) is 27.4 Å². The molecule has 1 radical (unpaired) electrons. The molecule has 0 nitrogen and oxygen atoms in total. The molecule has 0 fully saturated rings. The Kier molecular flexibility index (Phi) is 6.98. The minimum absolute atomic E-state index is 0. The summed E-state index contributed by atoms with van der Waals surface area (Å²) in [5.41, 5.74) is 0. The van der Waals surface area contributed by atoms with Crippen molar-refractivity contribution >= 4 is 11.6 Å². The largest absolute Gasteiger partial charge is 0.0895 e. The first-order valence-corrected chi connectivity index (χ1v) is 4.12. The number of allylic oxidation sites excluding steroid dienone is 2. The molecule has 0 N–H and O–H groups in total. The van der Waals surface area contributed by atoms with Crippen molar-refractivity contribution in [2.75, 3.05) is 0 Å². The molecule has 0 aromatic carbocycles. The predicted octanol–water partition coefficient (Wildman–Crippen LogP) is 3.46. The topological polar surface area (TPSA) is 0 Å². The molecule has 2 heteroatoms. The second kappa shape index (κ2) is 6.48. The van der Waals surface area contributed by atoms with E-state index in [1.807, 2.05) is 0 Å². The van der Waals surface area contributed by atoms with Gasteiger partial charge in [0.2, 0.25) is 0 Å². The van der Waals surface area contributed by atoms with E-state index >= 15 is 0 Å². The molecule has 0 amide bonds. The van der Waals surface area contributed by atoms with Crippen molar-refractivity contribution in [1.82, 2.24) is 0 Å². The fourth-order valence-corrected chi connectivity index (χ4v) is 1.40. The van der Waals surface area contributed by atoms with Gasteiger partial charge in [0.15, 0.2) is 0 Å². The number of hydrogen-bond donors (Lipinski definition) is 0. The standard InChI is InChI=1S/C8H13Cl.Au/c9-8-6-4-2-1-3-5-7-8;/h6H,1-5,7H2;/b8-6+;. The fraction of sp³-hybridized carbons (Fsp3) is 0.750. The Morgan fingerprint density at radius 1 is 1.10 bits per heavy atom. The summed E-state index contributed by atoms with van der Waals surface area (Å²) >= 11 is 5.85. The molecule has 63 valence electrons. The van der Waals surface area contributed by atoms with E-state index in [1.165, 1.54) is 32.1 Å². The van der Waals surface area contributed by atoms with Crippen LogP contribution in [0.15, 0.2) is 11.1 Å². The van der Waals surface area contributed by atoms with Gasteiger partial charge in [0.05, 0.1) is 0 Å². The average Bonchev–Trinajstić information content (AvgIpc) is 1.79. The van der Waals surface area contributed by atoms with Crippen molar-refractivity contribution in [3.63, 3.8) is 0 Å². The zero-order valence-corrected chi connectivity index (χ0v) is 8.92. The fourth-order valence-electron chi connectivity index (χ4n) is 1.15. The molecule has 0 aromatic rings. The number of rotatable bonds is 0. The zero-order chi connectivity index (χ0) is 6.53. The molecule has 0 aliphatic heterocycles. The van der Waals surface area contributed by atoms with Gasteiger partial charge >= 0.3 is 0 Å². The molecule has 0 atom stereocenters. The molecule has 1 aliphatic rings. The molecule has 0 saturated carbocycles. The normalized spacial score (nSPS) is 25.1. The van der Waals surface area contributed by atoms with Crippen LogP contribution in [0.25, 0.3) is 0 Å². The SMILES string of the molecule is Cl/C1=C/CCCCCC1.[Au]. The molecular formula is C8H13AuCl. The van der Waals surface area contributed by atoms with E-state index in [1.54, 1.807) is 0 Å². The molecule has 0 aromatic heterocycles. The van der Waals surface area contributed by atoms with Gasteiger partial charge in [-0.25, -0.2) is 0 Å². The summed E-state index contributed by atoms with van der Waals surface area (Å²) in [4.78, 5) is 0. The van der Waals surface area contributed by atoms with Crippen molar-refractivity contribution in [3.05, 3.63) is 11.1 Å². The van der Waals surface area contributed by atoms with Crippen LogP contribution in [0.2, 0.25) is 0 Å². The molecule has 1 aliphatic carbocycles. The van der Waals surface area contributed by atoms with Crippen molar-refractivity contribution < 1.29 is 22.4 Å². The second-order valence-corrected chi connectivity index (χ2v) is 3.09. The van der Waals surface area contributed by atoms with Crippen LogP contribution in [0.5, 0.6) is 0 Å². The van der Waals surface area contributed by atoms with Crippen molar-refractivity contribution in [2.45, 2.75) is 38.5 Å². The summed E-state index contributed by atoms with van der Waals surface area (Å²) in [6.07, 6.45) is 9.84. The molecule has 1 rings (SSSR count). The van der Waals surface area contributed by atoms with Crippen LogP contribution in [-0.2, 0) is 22.4 Å². The minimum atomic E-state index is 0. The van der Waals surface area contributed by atoms with Gasteiger partial charge in [-0.3, -0.25) is 0 Å². The van der Waals surface area contributed by atoms with E-state index in [0.29, 0.717) is 0 Å². The van der Waals surface area contributed by atoms with E-state index in [4.69, 9.17) is 11.6 Å². The van der Waals surface area contributed by atoms with Gasteiger partial charge in [-0.2, -0.15) is 0 Å². The monoisotopic (exact) mass is 341 g/mol. The zero-order valence-electron chi connectivity index (χ0n) is 6.00. The van der Waals surface area contributed by atoms with Crippen molar-refractivity contribution in [3.8, 4) is 0 Å². The van der Waals surface area contributed by atoms with E-state index in [-0.39, 0.29) is 22.4 Å². The molecule has 10 heavy (non-hydrogen) atoms.